The number of carbonyl (C=O) groups excluding carboxylic acids is 2. The van der Waals surface area contributed by atoms with Gasteiger partial charge >= 0.3 is 0 Å². The molecule has 1 fully saturated rings. The molecule has 7 nitrogen and oxygen atoms in total. The van der Waals surface area contributed by atoms with Gasteiger partial charge in [-0.3, -0.25) is 9.59 Å². The maximum Gasteiger partial charge on any atom is 0.252 e. The van der Waals surface area contributed by atoms with E-state index in [0.717, 1.165) is 25.9 Å². The molecule has 0 unspecified atom stereocenters. The quantitative estimate of drug-likeness (QED) is 0.792. The van der Waals surface area contributed by atoms with Crippen LogP contribution in [0.3, 0.4) is 0 Å². The molecular weight excluding hydrogens is 306 g/mol. The fraction of sp³-hybridized carbons (Fsp3) is 0.529. The third-order valence-electron chi connectivity index (χ3n) is 4.14. The lowest BCUT2D eigenvalue weighted by Crippen LogP contribution is -2.40. The Hall–Kier alpha value is -2.46. The van der Waals surface area contributed by atoms with Crippen LogP contribution >= 0.6 is 0 Å². The summed E-state index contributed by atoms with van der Waals surface area (Å²) in [6.07, 6.45) is 3.58. The Bertz CT molecular complexity index is 621. The van der Waals surface area contributed by atoms with E-state index in [1.165, 1.54) is 12.3 Å². The predicted octanol–water partition coefficient (Wildman–Crippen LogP) is 0.626. The van der Waals surface area contributed by atoms with E-state index in [9.17, 15) is 9.59 Å². The Labute approximate surface area is 142 Å². The minimum absolute atomic E-state index is 0.192. The average Bonchev–Trinajstić information content (AvgIpc) is 2.93. The molecule has 7 heteroatoms. The van der Waals surface area contributed by atoms with Crippen LogP contribution in [-0.4, -0.2) is 66.4 Å². The second kappa shape index (κ2) is 8.41. The van der Waals surface area contributed by atoms with Crippen LogP contribution in [0.4, 0.5) is 0 Å². The van der Waals surface area contributed by atoms with Crippen LogP contribution < -0.4 is 5.32 Å². The summed E-state index contributed by atoms with van der Waals surface area (Å²) in [4.78, 5) is 31.9. The van der Waals surface area contributed by atoms with Crippen molar-refractivity contribution in [3.8, 4) is 6.07 Å². The number of likely N-dealkylation sites (N-methyl/N-ethyl adjacent to an activating group) is 1. The van der Waals surface area contributed by atoms with Crippen molar-refractivity contribution in [3.63, 3.8) is 0 Å². The maximum atomic E-state index is 12.1. The molecule has 0 radical (unpaired) electrons. The van der Waals surface area contributed by atoms with Crippen molar-refractivity contribution >= 4 is 11.8 Å². The van der Waals surface area contributed by atoms with Crippen molar-refractivity contribution in [2.24, 2.45) is 0 Å². The number of likely N-dealkylation sites (tertiary alicyclic amines) is 1. The van der Waals surface area contributed by atoms with E-state index < -0.39 is 0 Å². The topological polar surface area (TPSA) is 89.3 Å². The van der Waals surface area contributed by atoms with Crippen molar-refractivity contribution in [2.75, 3.05) is 33.7 Å². The maximum absolute atomic E-state index is 12.1. The van der Waals surface area contributed by atoms with Crippen molar-refractivity contribution in [3.05, 3.63) is 29.6 Å². The van der Waals surface area contributed by atoms with Gasteiger partial charge in [-0.05, 0) is 39.1 Å². The average molecular weight is 329 g/mol. The van der Waals surface area contributed by atoms with E-state index >= 15 is 0 Å². The summed E-state index contributed by atoms with van der Waals surface area (Å²) in [5, 5.41) is 11.6. The van der Waals surface area contributed by atoms with E-state index in [2.05, 4.69) is 15.2 Å². The summed E-state index contributed by atoms with van der Waals surface area (Å²) in [5.41, 5.74) is 0.716. The number of nitrogens with one attached hydrogen (secondary N) is 1. The standard InChI is InChI=1S/C17H23N5O2/c1-21(2)9-10-22-15(5-6-16(22)23)7-8-19-17(24)13-3-4-14(11-18)20-12-13/h3-4,12,15H,5-10H2,1-2H3,(H,19,24)/t15-/m0/s1. The van der Waals surface area contributed by atoms with Gasteiger partial charge in [0.15, 0.2) is 0 Å². The molecule has 1 atom stereocenters. The van der Waals surface area contributed by atoms with E-state index in [-0.39, 0.29) is 23.6 Å². The number of nitriles is 1. The summed E-state index contributed by atoms with van der Waals surface area (Å²) in [5.74, 6) is -0.0133. The minimum Gasteiger partial charge on any atom is -0.352 e. The number of hydrogen-bond acceptors (Lipinski definition) is 5. The highest BCUT2D eigenvalue weighted by molar-refractivity contribution is 5.93. The van der Waals surface area contributed by atoms with Crippen molar-refractivity contribution in [1.29, 1.82) is 5.26 Å². The van der Waals surface area contributed by atoms with Gasteiger partial charge in [-0.1, -0.05) is 0 Å². The fourth-order valence-electron chi connectivity index (χ4n) is 2.76. The largest absolute Gasteiger partial charge is 0.352 e. The molecule has 2 amide bonds. The summed E-state index contributed by atoms with van der Waals surface area (Å²) in [7, 11) is 3.97. The second-order valence-electron chi connectivity index (χ2n) is 6.17. The van der Waals surface area contributed by atoms with Crippen LogP contribution in [0.25, 0.3) is 0 Å². The third kappa shape index (κ3) is 4.77. The van der Waals surface area contributed by atoms with Crippen LogP contribution in [-0.2, 0) is 4.79 Å². The van der Waals surface area contributed by atoms with Gasteiger partial charge in [0.2, 0.25) is 5.91 Å². The molecule has 0 aliphatic carbocycles. The van der Waals surface area contributed by atoms with Crippen molar-refractivity contribution < 1.29 is 9.59 Å². The molecule has 0 bridgehead atoms. The molecule has 0 aromatic carbocycles. The first-order chi connectivity index (χ1) is 11.5. The molecule has 0 saturated carbocycles. The predicted molar refractivity (Wildman–Crippen MR) is 89.2 cm³/mol. The van der Waals surface area contributed by atoms with Crippen molar-refractivity contribution in [2.45, 2.75) is 25.3 Å². The van der Waals surface area contributed by atoms with Gasteiger partial charge in [0.05, 0.1) is 5.56 Å². The van der Waals surface area contributed by atoms with E-state index in [1.807, 2.05) is 25.1 Å². The van der Waals surface area contributed by atoms with Crippen LogP contribution in [0.15, 0.2) is 18.3 Å². The van der Waals surface area contributed by atoms with Crippen LogP contribution in [0, 0.1) is 11.3 Å². The summed E-state index contributed by atoms with van der Waals surface area (Å²) in [6.45, 7) is 2.07. The molecule has 1 aromatic heterocycles. The molecule has 1 aromatic rings. The highest BCUT2D eigenvalue weighted by Gasteiger charge is 2.30. The van der Waals surface area contributed by atoms with Gasteiger partial charge in [-0.15, -0.1) is 0 Å². The highest BCUT2D eigenvalue weighted by atomic mass is 16.2. The Morgan fingerprint density at radius 2 is 2.29 bits per heavy atom. The summed E-state index contributed by atoms with van der Waals surface area (Å²) < 4.78 is 0. The van der Waals surface area contributed by atoms with E-state index in [4.69, 9.17) is 5.26 Å². The van der Waals surface area contributed by atoms with Crippen LogP contribution in [0.5, 0.6) is 0 Å². The van der Waals surface area contributed by atoms with Gasteiger partial charge in [0.1, 0.15) is 11.8 Å². The lowest BCUT2D eigenvalue weighted by Gasteiger charge is -2.26. The number of aromatic nitrogens is 1. The second-order valence-corrected chi connectivity index (χ2v) is 6.17. The summed E-state index contributed by atoms with van der Waals surface area (Å²) >= 11 is 0. The molecule has 0 spiro atoms. The number of rotatable bonds is 7. The lowest BCUT2D eigenvalue weighted by atomic mass is 10.1. The SMILES string of the molecule is CN(C)CCN1C(=O)CC[C@H]1CCNC(=O)c1ccc(C#N)nc1. The molecule has 1 aliphatic heterocycles. The Morgan fingerprint density at radius 3 is 2.92 bits per heavy atom. The van der Waals surface area contributed by atoms with Crippen LogP contribution in [0.2, 0.25) is 0 Å². The normalized spacial score (nSPS) is 17.2. The molecule has 1 N–H and O–H groups in total. The molecular formula is C17H23N5O2. The number of amides is 2. The molecule has 1 aliphatic rings. The molecule has 24 heavy (non-hydrogen) atoms. The summed E-state index contributed by atoms with van der Waals surface area (Å²) in [6, 6.07) is 5.22. The smallest absolute Gasteiger partial charge is 0.252 e. The lowest BCUT2D eigenvalue weighted by molar-refractivity contribution is -0.129. The van der Waals surface area contributed by atoms with Gasteiger partial charge in [0.25, 0.3) is 5.91 Å². The number of nitrogens with zero attached hydrogens (tertiary/aromatic N) is 4. The van der Waals surface area contributed by atoms with Crippen LogP contribution in [0.1, 0.15) is 35.3 Å². The van der Waals surface area contributed by atoms with E-state index in [1.54, 1.807) is 6.07 Å². The van der Waals surface area contributed by atoms with E-state index in [0.29, 0.717) is 18.5 Å². The Balaban J connectivity index is 1.80. The zero-order valence-electron chi connectivity index (χ0n) is 14.2. The molecule has 2 rings (SSSR count). The van der Waals surface area contributed by atoms with Gasteiger partial charge < -0.3 is 15.1 Å². The molecule has 1 saturated heterocycles. The number of pyridine rings is 1. The zero-order chi connectivity index (χ0) is 17.5. The zero-order valence-corrected chi connectivity index (χ0v) is 14.2. The number of hydrogen-bond donors (Lipinski definition) is 1. The van der Waals surface area contributed by atoms with Gasteiger partial charge in [-0.2, -0.15) is 5.26 Å². The Kier molecular flexibility index (Phi) is 6.27. The number of carbonyl (C=O) groups is 2. The minimum atomic E-state index is -0.212. The molecule has 2 heterocycles. The molecule has 128 valence electrons. The third-order valence-corrected chi connectivity index (χ3v) is 4.14. The van der Waals surface area contributed by atoms with Crippen molar-refractivity contribution in [1.82, 2.24) is 20.1 Å². The monoisotopic (exact) mass is 329 g/mol. The van der Waals surface area contributed by atoms with Gasteiger partial charge in [-0.25, -0.2) is 4.98 Å². The first kappa shape index (κ1) is 17.9. The first-order valence-electron chi connectivity index (χ1n) is 8.10. The van der Waals surface area contributed by atoms with Gasteiger partial charge in [0, 0.05) is 38.3 Å². The Morgan fingerprint density at radius 1 is 1.50 bits per heavy atom. The highest BCUT2D eigenvalue weighted by Crippen LogP contribution is 2.20. The first-order valence-corrected chi connectivity index (χ1v) is 8.10. The fourth-order valence-corrected chi connectivity index (χ4v) is 2.76.